The van der Waals surface area contributed by atoms with Crippen molar-refractivity contribution >= 4 is 53.3 Å². The zero-order chi connectivity index (χ0) is 91.9. The number of aromatic nitrogens is 6. The average molecular weight is 1790 g/mol. The topological polar surface area (TPSA) is 433 Å². The highest BCUT2D eigenvalue weighted by atomic mass is 35.5. The van der Waals surface area contributed by atoms with Crippen molar-refractivity contribution < 1.29 is 97.6 Å². The number of benzene rings is 7. The van der Waals surface area contributed by atoms with Crippen molar-refractivity contribution in [3.8, 4) is 114 Å². The first-order valence-electron chi connectivity index (χ1n) is 42.1. The number of hydrogen-bond acceptors (Lipinski definition) is 26. The van der Waals surface area contributed by atoms with Crippen LogP contribution < -0.4 is 34.7 Å². The highest BCUT2D eigenvalue weighted by molar-refractivity contribution is 7.47. The number of phenols is 6. The fourth-order valence-electron chi connectivity index (χ4n) is 15.9. The molecule has 5 heterocycles. The molecule has 31 nitrogen and oxygen atoms in total. The van der Waals surface area contributed by atoms with Crippen LogP contribution in [0.15, 0.2) is 114 Å². The molecule has 0 atom stereocenters. The third-order valence-electron chi connectivity index (χ3n) is 22.4. The zero-order valence-electron chi connectivity index (χ0n) is 73.7. The second-order valence-electron chi connectivity index (χ2n) is 31.7. The van der Waals surface area contributed by atoms with Gasteiger partial charge in [-0.15, -0.1) is 0 Å². The van der Waals surface area contributed by atoms with Gasteiger partial charge in [0.05, 0.1) is 86.4 Å². The van der Waals surface area contributed by atoms with Crippen LogP contribution in [0.3, 0.4) is 0 Å². The number of aryl methyl sites for hydroxylation is 3. The Balaban J connectivity index is 0.000000177. The predicted octanol–water partition coefficient (Wildman–Crippen LogP) is 13.5. The van der Waals surface area contributed by atoms with Gasteiger partial charge in [0, 0.05) is 137 Å². The molecule has 678 valence electrons. The normalized spacial score (nSPS) is 14.9. The molecule has 10 aromatic rings. The molecular weight excluding hydrogens is 1670 g/mol. The fourth-order valence-corrected chi connectivity index (χ4v) is 16.1. The number of ether oxygens (including phenoxy) is 8. The summed E-state index contributed by atoms with van der Waals surface area (Å²) < 4.78 is 48.5. The average Bonchev–Trinajstić information content (AvgIpc) is 1.64. The number of rotatable bonds is 28. The van der Waals surface area contributed by atoms with Gasteiger partial charge in [-0.3, -0.25) is 39.1 Å². The number of nitrogens with one attached hydrogen (secondary N) is 3. The van der Waals surface area contributed by atoms with Crippen LogP contribution in [0.2, 0.25) is 5.02 Å². The maximum Gasteiger partial charge on any atom is 0.269 e. The summed E-state index contributed by atoms with van der Waals surface area (Å²) in [7, 11) is 7.72. The van der Waals surface area contributed by atoms with Gasteiger partial charge in [0.2, 0.25) is 11.8 Å². The second kappa shape index (κ2) is 45.3. The molecule has 0 radical (unpaired) electrons. The lowest BCUT2D eigenvalue weighted by Crippen LogP contribution is -2.38. The molecule has 14 rings (SSSR count). The first kappa shape index (κ1) is 97.0. The standard InChI is InChI=1S/C30H42N2O9.C24H31N3O3.C20H20N2O4.C19H18ClN3O4.CH3NS/c1-5-22-23(19-28(35)32(11-13-37-2)12-14-38-3)29(25(34)20-24(22)33)30(36)21-6-7-26(27(18-21)39-4)41-17-10-31-8-15-40-16-9-31;1-14-22-20(12-24(2,3)13-21(22)29)27(26-14)17-6-9-19(23(25)30)16(11-17)10-15-4-7-18(28)8-5-15;1-3-12-8-14(16(24)10-15(12)23)20-19(11(2)21-22-20)13-4-5-17-18(9-13)26-7-6-25-17;1-3-21-19(26)18-16(10-4-6-11(27-2)7-5-10)17(22-23-18)12-8-13(20)15(25)9-14(12)24;1-2-3/h6-7,18,20,33-34H,5,8-17,19H2,1-4H3;6,9,11,15,18,28H,4-5,7-8,10,12-13H2,1-3H3,(H2,25,30);4-5,8-10,23-24H,3,6-7H2,1-2H3,(H,21,22);4-9,24-25H,3H2,1-2H3,(H,21,26)(H,22,23);1H3. The van der Waals surface area contributed by atoms with E-state index in [2.05, 4.69) is 61.2 Å². The monoisotopic (exact) mass is 1780 g/mol. The van der Waals surface area contributed by atoms with Crippen LogP contribution in [0.5, 0.6) is 63.2 Å². The van der Waals surface area contributed by atoms with Gasteiger partial charge in [-0.25, -0.2) is 9.04 Å². The predicted molar refractivity (Wildman–Crippen MR) is 483 cm³/mol. The summed E-state index contributed by atoms with van der Waals surface area (Å²) in [6.07, 6.45) is 6.18. The summed E-state index contributed by atoms with van der Waals surface area (Å²) in [5.41, 5.74) is 18.0. The maximum atomic E-state index is 13.8. The number of fused-ring (bicyclic) bond motifs is 2. The van der Waals surface area contributed by atoms with Gasteiger partial charge in [0.1, 0.15) is 77.1 Å². The number of carbonyl (C=O) groups excluding carboxylic acids is 5. The Morgan fingerprint density at radius 1 is 0.677 bits per heavy atom. The van der Waals surface area contributed by atoms with Crippen molar-refractivity contribution in [2.75, 3.05) is 121 Å². The van der Waals surface area contributed by atoms with Crippen LogP contribution in [-0.4, -0.2) is 232 Å². The molecule has 12 N–H and O–H groups in total. The number of aromatic amines is 2. The van der Waals surface area contributed by atoms with E-state index < -0.39 is 17.4 Å². The van der Waals surface area contributed by atoms with E-state index in [1.54, 1.807) is 87.9 Å². The number of H-pyrrole nitrogens is 2. The first-order valence-corrected chi connectivity index (χ1v) is 42.8. The Hall–Kier alpha value is -12.2. The summed E-state index contributed by atoms with van der Waals surface area (Å²) in [6, 6.07) is 30.1. The van der Waals surface area contributed by atoms with E-state index in [0.717, 1.165) is 127 Å². The quantitative estimate of drug-likeness (QED) is 0.0203. The summed E-state index contributed by atoms with van der Waals surface area (Å²) in [6.45, 7) is 20.7. The van der Waals surface area contributed by atoms with E-state index in [0.29, 0.717) is 153 Å². The molecule has 4 aliphatic rings. The number of hydrogen-bond donors (Lipinski definition) is 11. The number of methoxy groups -OCH3 is 4. The number of Topliss-reactive ketones (excluding diaryl/α,β-unsaturated/α-hetero) is 1. The molecule has 2 fully saturated rings. The molecule has 3 amide bonds. The number of aromatic hydroxyl groups is 6. The summed E-state index contributed by atoms with van der Waals surface area (Å²) >= 11 is 10.0. The van der Waals surface area contributed by atoms with Crippen molar-refractivity contribution in [1.82, 2.24) is 45.3 Å². The molecule has 7 aromatic carbocycles. The first-order chi connectivity index (χ1) is 60.9. The van der Waals surface area contributed by atoms with Crippen LogP contribution in [0.25, 0.3) is 50.5 Å². The number of primary amides is 1. The van der Waals surface area contributed by atoms with Crippen molar-refractivity contribution in [2.45, 2.75) is 119 Å². The molecule has 2 aliphatic carbocycles. The number of aliphatic hydroxyl groups excluding tert-OH is 1. The van der Waals surface area contributed by atoms with E-state index in [1.807, 2.05) is 69.6 Å². The number of nitrogens with two attached hydrogens (primary N) is 1. The van der Waals surface area contributed by atoms with Gasteiger partial charge in [-0.05, 0) is 190 Å². The Labute approximate surface area is 748 Å². The van der Waals surface area contributed by atoms with Gasteiger partial charge in [-0.2, -0.15) is 15.3 Å². The highest BCUT2D eigenvalue weighted by Crippen LogP contribution is 2.46. The number of ketones is 2. The van der Waals surface area contributed by atoms with Gasteiger partial charge in [0.15, 0.2) is 34.6 Å². The zero-order valence-corrected chi connectivity index (χ0v) is 75.3. The third kappa shape index (κ3) is 24.1. The molecule has 0 spiro atoms. The molecule has 1 saturated heterocycles. The Morgan fingerprint density at radius 3 is 1.95 bits per heavy atom. The van der Waals surface area contributed by atoms with Gasteiger partial charge < -0.3 is 89.6 Å². The van der Waals surface area contributed by atoms with E-state index in [4.69, 9.17) is 60.3 Å². The summed E-state index contributed by atoms with van der Waals surface area (Å²) in [5.74, 6) is 1.03. The van der Waals surface area contributed by atoms with Crippen LogP contribution in [-0.2, 0) is 63.5 Å². The molecule has 2 aliphatic heterocycles. The Morgan fingerprint density at radius 2 is 1.31 bits per heavy atom. The second-order valence-corrected chi connectivity index (χ2v) is 32.5. The minimum atomic E-state index is -0.501. The molecule has 1 saturated carbocycles. The largest absolute Gasteiger partial charge is 0.508 e. The van der Waals surface area contributed by atoms with Crippen LogP contribution in [0.4, 0.5) is 0 Å². The maximum absolute atomic E-state index is 13.8. The number of halogens is 1. The van der Waals surface area contributed by atoms with Crippen molar-refractivity contribution in [2.24, 2.45) is 21.4 Å². The number of aliphatic hydroxyl groups is 1. The van der Waals surface area contributed by atoms with Crippen LogP contribution in [0.1, 0.15) is 153 Å². The van der Waals surface area contributed by atoms with E-state index >= 15 is 0 Å². The summed E-state index contributed by atoms with van der Waals surface area (Å²) in [5, 5.41) is 93.4. The van der Waals surface area contributed by atoms with Crippen molar-refractivity contribution in [3.63, 3.8) is 0 Å². The molecule has 127 heavy (non-hydrogen) atoms. The Bertz CT molecular complexity index is 5510. The minimum Gasteiger partial charge on any atom is -0.508 e. The van der Waals surface area contributed by atoms with Crippen LogP contribution in [0, 0.1) is 25.2 Å². The molecule has 0 bridgehead atoms. The van der Waals surface area contributed by atoms with Crippen molar-refractivity contribution in [3.05, 3.63) is 182 Å². The van der Waals surface area contributed by atoms with E-state index in [1.165, 1.54) is 19.2 Å². The summed E-state index contributed by atoms with van der Waals surface area (Å²) in [4.78, 5) is 68.3. The number of carbonyl (C=O) groups is 5. The van der Waals surface area contributed by atoms with Gasteiger partial charge in [0.25, 0.3) is 5.91 Å². The van der Waals surface area contributed by atoms with Gasteiger partial charge >= 0.3 is 0 Å². The molecule has 0 unspecified atom stereocenters. The lowest BCUT2D eigenvalue weighted by Gasteiger charge is -2.29. The third-order valence-corrected chi connectivity index (χ3v) is 22.7. The van der Waals surface area contributed by atoms with E-state index in [9.17, 15) is 59.7 Å². The lowest BCUT2D eigenvalue weighted by atomic mass is 9.75. The van der Waals surface area contributed by atoms with Gasteiger partial charge in [-0.1, -0.05) is 57.5 Å². The Kier molecular flexibility index (Phi) is 34.6. The SMILES string of the molecule is CCNC(=O)c1[nH]nc(-c2cc(Cl)c(O)cc2O)c1-c1ccc(OC)cc1.CCc1c(O)cc(O)c(C(=O)c2ccc(OCCN3CCOCC3)c(OC)c2)c1CC(=O)N(CCOC)CCOC.CCc1cc(-c2n[nH]c(C)c2-c2ccc3c(c2)OCCO3)c(O)cc1O.CN=S.Cc1nn(-c2ccc(C(N)=O)c(CC3CCC(O)CC3)c2)c2c1C(=O)CC(C)(C)C2. The fraction of sp³-hybridized carbons (Fsp3) is 0.404. The van der Waals surface area contributed by atoms with E-state index in [-0.39, 0.29) is 97.3 Å². The highest BCUT2D eigenvalue weighted by Gasteiger charge is 2.37. The number of nitrogens with zero attached hydrogens (tertiary/aromatic N) is 7. The van der Waals surface area contributed by atoms with Crippen molar-refractivity contribution in [1.29, 1.82) is 0 Å². The molecule has 3 aromatic heterocycles. The molecular formula is C94H114ClN11O20S. The van der Waals surface area contributed by atoms with Crippen LogP contribution >= 0.6 is 11.6 Å². The number of morpholine rings is 1. The molecule has 33 heteroatoms. The lowest BCUT2D eigenvalue weighted by molar-refractivity contribution is -0.131. The number of phenolic OH excluding ortho intramolecular Hbond substituents is 6. The smallest absolute Gasteiger partial charge is 0.269 e. The number of amides is 3. The minimum absolute atomic E-state index is 0.00927.